The molecule has 6 rings (SSSR count). The number of hydrogen-bond donors (Lipinski definition) is 1. The SMILES string of the molecule is O=C(Nc1ccc(Cl)c(Cl)c1)c1cccc(N2C(=O)[C@@H]3[C@H]4C[C@@H]([C@@H]3C2=O)[C@H](c2ccccc2)C4)c1. The molecule has 3 aromatic rings. The summed E-state index contributed by atoms with van der Waals surface area (Å²) in [6, 6.07) is 21.8. The molecule has 3 fully saturated rings. The van der Waals surface area contributed by atoms with E-state index in [1.165, 1.54) is 10.5 Å². The van der Waals surface area contributed by atoms with Crippen molar-refractivity contribution in [2.45, 2.75) is 18.8 Å². The van der Waals surface area contributed by atoms with Crippen molar-refractivity contribution in [2.75, 3.05) is 10.2 Å². The minimum absolute atomic E-state index is 0.138. The van der Waals surface area contributed by atoms with E-state index in [1.807, 2.05) is 18.2 Å². The van der Waals surface area contributed by atoms with Crippen LogP contribution in [-0.2, 0) is 9.59 Å². The van der Waals surface area contributed by atoms with Crippen LogP contribution in [0.1, 0.15) is 34.7 Å². The van der Waals surface area contributed by atoms with E-state index in [0.29, 0.717) is 32.9 Å². The van der Waals surface area contributed by atoms with Gasteiger partial charge in [-0.3, -0.25) is 19.3 Å². The number of amides is 3. The Morgan fingerprint density at radius 3 is 2.37 bits per heavy atom. The van der Waals surface area contributed by atoms with Gasteiger partial charge >= 0.3 is 0 Å². The van der Waals surface area contributed by atoms with Gasteiger partial charge in [0.15, 0.2) is 0 Å². The van der Waals surface area contributed by atoms with Crippen LogP contribution in [0.3, 0.4) is 0 Å². The lowest BCUT2D eigenvalue weighted by atomic mass is 9.73. The van der Waals surface area contributed by atoms with Gasteiger partial charge in [-0.1, -0.05) is 59.6 Å². The number of nitrogens with zero attached hydrogens (tertiary/aromatic N) is 1. The van der Waals surface area contributed by atoms with Crippen molar-refractivity contribution in [3.05, 3.63) is 94.0 Å². The number of carbonyl (C=O) groups is 3. The van der Waals surface area contributed by atoms with Crippen LogP contribution < -0.4 is 10.2 Å². The van der Waals surface area contributed by atoms with E-state index in [9.17, 15) is 14.4 Å². The van der Waals surface area contributed by atoms with Crippen LogP contribution in [-0.4, -0.2) is 17.7 Å². The van der Waals surface area contributed by atoms with Crippen LogP contribution in [0.25, 0.3) is 0 Å². The summed E-state index contributed by atoms with van der Waals surface area (Å²) in [5.74, 6) is -0.499. The highest BCUT2D eigenvalue weighted by Gasteiger charge is 2.64. The summed E-state index contributed by atoms with van der Waals surface area (Å²) >= 11 is 12.0. The van der Waals surface area contributed by atoms with Gasteiger partial charge in [0.2, 0.25) is 11.8 Å². The van der Waals surface area contributed by atoms with Crippen molar-refractivity contribution >= 4 is 52.3 Å². The number of hydrogen-bond acceptors (Lipinski definition) is 3. The largest absolute Gasteiger partial charge is 0.322 e. The topological polar surface area (TPSA) is 66.5 Å². The van der Waals surface area contributed by atoms with Crippen LogP contribution in [0.15, 0.2) is 72.8 Å². The average Bonchev–Trinajstić information content (AvgIpc) is 3.53. The van der Waals surface area contributed by atoms with Crippen molar-refractivity contribution in [3.8, 4) is 0 Å². The van der Waals surface area contributed by atoms with Gasteiger partial charge in [0.25, 0.3) is 5.91 Å². The molecule has 0 aromatic heterocycles. The fourth-order valence-electron chi connectivity index (χ4n) is 6.36. The van der Waals surface area contributed by atoms with Gasteiger partial charge in [-0.2, -0.15) is 0 Å². The molecule has 2 aliphatic carbocycles. The maximum Gasteiger partial charge on any atom is 0.255 e. The van der Waals surface area contributed by atoms with Crippen molar-refractivity contribution < 1.29 is 14.4 Å². The number of nitrogens with one attached hydrogen (secondary N) is 1. The smallest absolute Gasteiger partial charge is 0.255 e. The first kappa shape index (κ1) is 22.3. The van der Waals surface area contributed by atoms with E-state index >= 15 is 0 Å². The third-order valence-corrected chi connectivity index (χ3v) is 8.53. The Labute approximate surface area is 213 Å². The monoisotopic (exact) mass is 504 g/mol. The normalized spacial score (nSPS) is 26.8. The molecular weight excluding hydrogens is 483 g/mol. The highest BCUT2D eigenvalue weighted by atomic mass is 35.5. The second kappa shape index (κ2) is 8.51. The maximum absolute atomic E-state index is 13.6. The first-order chi connectivity index (χ1) is 16.9. The lowest BCUT2D eigenvalue weighted by molar-refractivity contribution is -0.123. The van der Waals surface area contributed by atoms with Crippen LogP contribution in [0, 0.1) is 23.7 Å². The first-order valence-corrected chi connectivity index (χ1v) is 12.5. The number of rotatable bonds is 4. The molecule has 2 bridgehead atoms. The van der Waals surface area contributed by atoms with E-state index in [2.05, 4.69) is 17.4 Å². The Morgan fingerprint density at radius 1 is 0.829 bits per heavy atom. The standard InChI is InChI=1S/C28H22Cl2N2O3/c29-22-10-9-18(14-23(22)30)31-26(33)16-7-4-8-19(11-16)32-27(34)24-17-12-20(15-5-2-1-3-6-15)21(13-17)25(24)28(32)35/h1-11,14,17,20-21,24-25H,12-13H2,(H,31,33)/t17-,20+,21-,24-,25+/m1/s1. The number of fused-ring (bicyclic) bond motifs is 5. The summed E-state index contributed by atoms with van der Waals surface area (Å²) in [5, 5.41) is 3.51. The molecule has 0 unspecified atom stereocenters. The molecule has 0 radical (unpaired) electrons. The van der Waals surface area contributed by atoms with Gasteiger partial charge in [0.05, 0.1) is 27.6 Å². The first-order valence-electron chi connectivity index (χ1n) is 11.7. The minimum atomic E-state index is -0.367. The van der Waals surface area contributed by atoms with Crippen molar-refractivity contribution in [2.24, 2.45) is 23.7 Å². The number of imide groups is 1. The molecule has 3 aromatic carbocycles. The summed E-state index contributed by atoms with van der Waals surface area (Å²) in [7, 11) is 0. The second-order valence-electron chi connectivity index (χ2n) is 9.61. The molecule has 1 heterocycles. The van der Waals surface area contributed by atoms with Crippen LogP contribution in [0.2, 0.25) is 10.0 Å². The van der Waals surface area contributed by atoms with Crippen LogP contribution >= 0.6 is 23.2 Å². The van der Waals surface area contributed by atoms with Crippen molar-refractivity contribution in [1.29, 1.82) is 0 Å². The van der Waals surface area contributed by atoms with Gasteiger partial charge < -0.3 is 5.32 Å². The number of halogens is 2. The van der Waals surface area contributed by atoms with Gasteiger partial charge in [-0.25, -0.2) is 0 Å². The zero-order valence-electron chi connectivity index (χ0n) is 18.7. The van der Waals surface area contributed by atoms with E-state index < -0.39 is 0 Å². The summed E-state index contributed by atoms with van der Waals surface area (Å²) in [6.07, 6.45) is 1.86. The maximum atomic E-state index is 13.6. The molecule has 5 atom stereocenters. The Balaban J connectivity index is 1.25. The molecule has 5 nitrogen and oxygen atoms in total. The number of anilines is 2. The Bertz CT molecular complexity index is 1360. The summed E-state index contributed by atoms with van der Waals surface area (Å²) in [5.41, 5.74) is 2.53. The Hall–Kier alpha value is -3.15. The summed E-state index contributed by atoms with van der Waals surface area (Å²) in [6.45, 7) is 0. The van der Waals surface area contributed by atoms with Gasteiger partial charge in [0, 0.05) is 11.3 Å². The lowest BCUT2D eigenvalue weighted by Gasteiger charge is -2.28. The molecule has 1 N–H and O–H groups in total. The van der Waals surface area contributed by atoms with E-state index in [1.54, 1.807) is 42.5 Å². The number of benzene rings is 3. The molecule has 2 saturated carbocycles. The van der Waals surface area contributed by atoms with E-state index in [0.717, 1.165) is 12.8 Å². The van der Waals surface area contributed by atoms with Gasteiger partial charge in [-0.05, 0) is 72.6 Å². The summed E-state index contributed by atoms with van der Waals surface area (Å²) in [4.78, 5) is 41.2. The van der Waals surface area contributed by atoms with Gasteiger partial charge in [-0.15, -0.1) is 0 Å². The fraction of sp³-hybridized carbons (Fsp3) is 0.250. The average molecular weight is 505 g/mol. The fourth-order valence-corrected chi connectivity index (χ4v) is 6.66. The highest BCUT2D eigenvalue weighted by molar-refractivity contribution is 6.42. The third kappa shape index (κ3) is 3.65. The molecule has 0 spiro atoms. The molecular formula is C28H22Cl2N2O3. The summed E-state index contributed by atoms with van der Waals surface area (Å²) < 4.78 is 0. The molecule has 3 amide bonds. The Morgan fingerprint density at radius 2 is 1.60 bits per heavy atom. The minimum Gasteiger partial charge on any atom is -0.322 e. The molecule has 176 valence electrons. The molecule has 1 saturated heterocycles. The molecule has 1 aliphatic heterocycles. The molecule has 7 heteroatoms. The van der Waals surface area contributed by atoms with Crippen molar-refractivity contribution in [1.82, 2.24) is 0 Å². The van der Waals surface area contributed by atoms with E-state index in [-0.39, 0.29) is 41.4 Å². The number of carbonyl (C=O) groups excluding carboxylic acids is 3. The second-order valence-corrected chi connectivity index (χ2v) is 10.4. The zero-order chi connectivity index (χ0) is 24.3. The van der Waals surface area contributed by atoms with Gasteiger partial charge in [0.1, 0.15) is 0 Å². The Kier molecular flexibility index (Phi) is 5.42. The molecule has 3 aliphatic rings. The van der Waals surface area contributed by atoms with Crippen LogP contribution in [0.5, 0.6) is 0 Å². The lowest BCUT2D eigenvalue weighted by Crippen LogP contribution is -2.33. The van der Waals surface area contributed by atoms with E-state index in [4.69, 9.17) is 23.2 Å². The zero-order valence-corrected chi connectivity index (χ0v) is 20.2. The predicted octanol–water partition coefficient (Wildman–Crippen LogP) is 6.17. The quantitative estimate of drug-likeness (QED) is 0.431. The third-order valence-electron chi connectivity index (χ3n) is 7.79. The van der Waals surface area contributed by atoms with Crippen LogP contribution in [0.4, 0.5) is 11.4 Å². The molecule has 35 heavy (non-hydrogen) atoms. The van der Waals surface area contributed by atoms with Crippen molar-refractivity contribution in [3.63, 3.8) is 0 Å². The predicted molar refractivity (Wildman–Crippen MR) is 136 cm³/mol. The highest BCUT2D eigenvalue weighted by Crippen LogP contribution is 2.61.